The van der Waals surface area contributed by atoms with Crippen LogP contribution in [-0.4, -0.2) is 9.78 Å². The lowest BCUT2D eigenvalue weighted by atomic mass is 10.1. The van der Waals surface area contributed by atoms with Gasteiger partial charge in [0.05, 0.1) is 10.0 Å². The van der Waals surface area contributed by atoms with Gasteiger partial charge in [-0.1, -0.05) is 11.6 Å². The van der Waals surface area contributed by atoms with Crippen molar-refractivity contribution >= 4 is 22.9 Å². The molecule has 0 saturated carbocycles. The van der Waals surface area contributed by atoms with Crippen LogP contribution in [0.1, 0.15) is 5.56 Å². The van der Waals surface area contributed by atoms with Crippen LogP contribution in [0.15, 0.2) is 17.6 Å². The Bertz CT molecular complexity index is 447. The Hall–Kier alpha value is -0.840. The Labute approximate surface area is 91.1 Å². The standard InChI is InChI=1S/C9H10ClN3S/c1-13-4-7(3-11)9(12-13)6-2-8(10)14-5-6/h2,4-5H,3,11H2,1H3. The van der Waals surface area contributed by atoms with Gasteiger partial charge < -0.3 is 5.73 Å². The maximum Gasteiger partial charge on any atom is 0.0976 e. The zero-order valence-electron chi connectivity index (χ0n) is 7.70. The summed E-state index contributed by atoms with van der Waals surface area (Å²) in [5.41, 5.74) is 8.64. The van der Waals surface area contributed by atoms with Gasteiger partial charge in [-0.2, -0.15) is 5.10 Å². The second-order valence-electron chi connectivity index (χ2n) is 3.02. The summed E-state index contributed by atoms with van der Waals surface area (Å²) in [6.45, 7) is 0.497. The molecule has 0 aliphatic rings. The van der Waals surface area contributed by atoms with E-state index in [0.717, 1.165) is 21.2 Å². The molecule has 5 heteroatoms. The summed E-state index contributed by atoms with van der Waals surface area (Å²) >= 11 is 7.37. The van der Waals surface area contributed by atoms with E-state index in [0.29, 0.717) is 6.54 Å². The highest BCUT2D eigenvalue weighted by Gasteiger charge is 2.09. The molecule has 0 spiro atoms. The molecule has 0 radical (unpaired) electrons. The molecule has 2 N–H and O–H groups in total. The maximum absolute atomic E-state index is 5.87. The molecule has 2 rings (SSSR count). The number of nitrogens with zero attached hydrogens (tertiary/aromatic N) is 2. The third-order valence-corrected chi connectivity index (χ3v) is 3.06. The van der Waals surface area contributed by atoms with Gasteiger partial charge in [0.2, 0.25) is 0 Å². The van der Waals surface area contributed by atoms with E-state index >= 15 is 0 Å². The van der Waals surface area contributed by atoms with Crippen molar-refractivity contribution in [3.63, 3.8) is 0 Å². The monoisotopic (exact) mass is 227 g/mol. The van der Waals surface area contributed by atoms with Gasteiger partial charge in [-0.15, -0.1) is 11.3 Å². The maximum atomic E-state index is 5.87. The molecule has 0 saturated heterocycles. The number of aromatic nitrogens is 2. The topological polar surface area (TPSA) is 43.8 Å². The highest BCUT2D eigenvalue weighted by atomic mass is 35.5. The molecule has 2 heterocycles. The number of hydrogen-bond acceptors (Lipinski definition) is 3. The fourth-order valence-corrected chi connectivity index (χ4v) is 2.23. The summed E-state index contributed by atoms with van der Waals surface area (Å²) in [5, 5.41) is 6.34. The zero-order valence-corrected chi connectivity index (χ0v) is 9.27. The first kappa shape index (κ1) is 9.71. The fourth-order valence-electron chi connectivity index (χ4n) is 1.36. The van der Waals surface area contributed by atoms with E-state index in [1.54, 1.807) is 4.68 Å². The molecule has 14 heavy (non-hydrogen) atoms. The molecular weight excluding hydrogens is 218 g/mol. The Morgan fingerprint density at radius 1 is 1.64 bits per heavy atom. The van der Waals surface area contributed by atoms with Crippen LogP contribution in [0.2, 0.25) is 4.34 Å². The zero-order chi connectivity index (χ0) is 10.1. The van der Waals surface area contributed by atoms with Crippen LogP contribution in [0.5, 0.6) is 0 Å². The van der Waals surface area contributed by atoms with E-state index in [9.17, 15) is 0 Å². The number of hydrogen-bond donors (Lipinski definition) is 1. The lowest BCUT2D eigenvalue weighted by Crippen LogP contribution is -1.95. The summed E-state index contributed by atoms with van der Waals surface area (Å²) in [7, 11) is 1.89. The molecule has 0 fully saturated rings. The van der Waals surface area contributed by atoms with E-state index in [2.05, 4.69) is 5.10 Å². The van der Waals surface area contributed by atoms with Gasteiger partial charge in [-0.05, 0) is 6.07 Å². The Morgan fingerprint density at radius 2 is 2.43 bits per heavy atom. The summed E-state index contributed by atoms with van der Waals surface area (Å²) in [4.78, 5) is 0. The molecule has 0 amide bonds. The molecule has 74 valence electrons. The van der Waals surface area contributed by atoms with Crippen LogP contribution in [0, 0.1) is 0 Å². The average molecular weight is 228 g/mol. The number of halogens is 1. The third-order valence-electron chi connectivity index (χ3n) is 1.97. The van der Waals surface area contributed by atoms with Crippen LogP contribution in [0.3, 0.4) is 0 Å². The lowest BCUT2D eigenvalue weighted by molar-refractivity contribution is 0.769. The van der Waals surface area contributed by atoms with Gasteiger partial charge in [0, 0.05) is 36.3 Å². The molecule has 2 aromatic heterocycles. The normalized spacial score (nSPS) is 10.8. The molecular formula is C9H10ClN3S. The van der Waals surface area contributed by atoms with Gasteiger partial charge in [-0.25, -0.2) is 0 Å². The smallest absolute Gasteiger partial charge is 0.0976 e. The fraction of sp³-hybridized carbons (Fsp3) is 0.222. The molecule has 0 bridgehead atoms. The minimum absolute atomic E-state index is 0.497. The van der Waals surface area contributed by atoms with Crippen molar-refractivity contribution in [2.75, 3.05) is 0 Å². The van der Waals surface area contributed by atoms with Crippen molar-refractivity contribution in [2.24, 2.45) is 12.8 Å². The van der Waals surface area contributed by atoms with Gasteiger partial charge in [0.25, 0.3) is 0 Å². The summed E-state index contributed by atoms with van der Waals surface area (Å²) in [6, 6.07) is 1.91. The summed E-state index contributed by atoms with van der Waals surface area (Å²) < 4.78 is 2.54. The highest BCUT2D eigenvalue weighted by molar-refractivity contribution is 7.14. The molecule has 0 unspecified atom stereocenters. The van der Waals surface area contributed by atoms with Crippen LogP contribution in [0.25, 0.3) is 11.3 Å². The number of nitrogens with two attached hydrogens (primary N) is 1. The minimum Gasteiger partial charge on any atom is -0.326 e. The predicted molar refractivity (Wildman–Crippen MR) is 59.4 cm³/mol. The Balaban J connectivity index is 2.49. The van der Waals surface area contributed by atoms with Gasteiger partial charge in [0.1, 0.15) is 0 Å². The summed E-state index contributed by atoms with van der Waals surface area (Å²) in [6.07, 6.45) is 1.93. The van der Waals surface area contributed by atoms with Crippen molar-refractivity contribution in [2.45, 2.75) is 6.54 Å². The second-order valence-corrected chi connectivity index (χ2v) is 4.56. The second kappa shape index (κ2) is 3.73. The van der Waals surface area contributed by atoms with Gasteiger partial charge in [0.15, 0.2) is 0 Å². The molecule has 0 aliphatic carbocycles. The van der Waals surface area contributed by atoms with Crippen molar-refractivity contribution < 1.29 is 0 Å². The highest BCUT2D eigenvalue weighted by Crippen LogP contribution is 2.29. The van der Waals surface area contributed by atoms with E-state index in [4.69, 9.17) is 17.3 Å². The van der Waals surface area contributed by atoms with Gasteiger partial charge in [-0.3, -0.25) is 4.68 Å². The number of aryl methyl sites for hydroxylation is 1. The molecule has 2 aromatic rings. The van der Waals surface area contributed by atoms with E-state index in [-0.39, 0.29) is 0 Å². The van der Waals surface area contributed by atoms with E-state index < -0.39 is 0 Å². The third kappa shape index (κ3) is 1.68. The van der Waals surface area contributed by atoms with E-state index in [1.807, 2.05) is 24.7 Å². The first-order valence-corrected chi connectivity index (χ1v) is 5.43. The molecule has 0 aromatic carbocycles. The van der Waals surface area contributed by atoms with Crippen molar-refractivity contribution in [1.29, 1.82) is 0 Å². The van der Waals surface area contributed by atoms with Crippen molar-refractivity contribution in [3.8, 4) is 11.3 Å². The lowest BCUT2D eigenvalue weighted by Gasteiger charge is -1.94. The van der Waals surface area contributed by atoms with Crippen molar-refractivity contribution in [1.82, 2.24) is 9.78 Å². The number of rotatable bonds is 2. The first-order chi connectivity index (χ1) is 6.70. The number of thiophene rings is 1. The van der Waals surface area contributed by atoms with Crippen molar-refractivity contribution in [3.05, 3.63) is 27.5 Å². The summed E-state index contributed by atoms with van der Waals surface area (Å²) in [5.74, 6) is 0. The largest absolute Gasteiger partial charge is 0.326 e. The average Bonchev–Trinajstić information content (AvgIpc) is 2.71. The Kier molecular flexibility index (Phi) is 2.58. The SMILES string of the molecule is Cn1cc(CN)c(-c2csc(Cl)c2)n1. The predicted octanol–water partition coefficient (Wildman–Crippen LogP) is 2.26. The van der Waals surface area contributed by atoms with Gasteiger partial charge >= 0.3 is 0 Å². The molecule has 0 atom stereocenters. The Morgan fingerprint density at radius 3 is 3.00 bits per heavy atom. The van der Waals surface area contributed by atoms with Crippen LogP contribution in [0.4, 0.5) is 0 Å². The van der Waals surface area contributed by atoms with Crippen LogP contribution >= 0.6 is 22.9 Å². The van der Waals surface area contributed by atoms with Crippen LogP contribution < -0.4 is 5.73 Å². The van der Waals surface area contributed by atoms with E-state index in [1.165, 1.54) is 11.3 Å². The minimum atomic E-state index is 0.497. The molecule has 0 aliphatic heterocycles. The quantitative estimate of drug-likeness (QED) is 0.856. The van der Waals surface area contributed by atoms with Crippen LogP contribution in [-0.2, 0) is 13.6 Å². The molecule has 3 nitrogen and oxygen atoms in total. The first-order valence-electron chi connectivity index (χ1n) is 4.17.